The standard InChI is InChI=1S/C14H18N4O/c1-11-9-17-18(10-11)8-7-16-14(19)12-5-3-4-6-13(12)15-2/h3-6,9-10,15H,7-8H2,1-2H3,(H,16,19). The molecule has 1 aromatic heterocycles. The van der Waals surface area contributed by atoms with Crippen LogP contribution >= 0.6 is 0 Å². The third-order valence-corrected chi connectivity index (χ3v) is 2.83. The minimum Gasteiger partial charge on any atom is -0.387 e. The summed E-state index contributed by atoms with van der Waals surface area (Å²) in [7, 11) is 1.80. The molecule has 1 aromatic carbocycles. The van der Waals surface area contributed by atoms with Crippen LogP contribution in [-0.2, 0) is 6.54 Å². The summed E-state index contributed by atoms with van der Waals surface area (Å²) in [4.78, 5) is 12.0. The molecule has 2 rings (SSSR count). The van der Waals surface area contributed by atoms with Crippen molar-refractivity contribution in [2.75, 3.05) is 18.9 Å². The Balaban J connectivity index is 1.90. The molecular weight excluding hydrogens is 240 g/mol. The predicted molar refractivity (Wildman–Crippen MR) is 75.3 cm³/mol. The second-order valence-electron chi connectivity index (χ2n) is 4.33. The van der Waals surface area contributed by atoms with E-state index in [-0.39, 0.29) is 5.91 Å². The third kappa shape index (κ3) is 3.34. The molecule has 0 saturated heterocycles. The van der Waals surface area contributed by atoms with E-state index in [2.05, 4.69) is 15.7 Å². The number of hydrogen-bond donors (Lipinski definition) is 2. The molecule has 0 aliphatic heterocycles. The number of nitrogens with one attached hydrogen (secondary N) is 2. The van der Waals surface area contributed by atoms with Crippen molar-refractivity contribution in [3.8, 4) is 0 Å². The zero-order chi connectivity index (χ0) is 13.7. The number of carbonyl (C=O) groups excluding carboxylic acids is 1. The van der Waals surface area contributed by atoms with Gasteiger partial charge in [-0.25, -0.2) is 0 Å². The lowest BCUT2D eigenvalue weighted by atomic mass is 10.1. The Kier molecular flexibility index (Phi) is 4.18. The molecule has 0 radical (unpaired) electrons. The zero-order valence-electron chi connectivity index (χ0n) is 11.2. The molecule has 100 valence electrons. The molecule has 0 bridgehead atoms. The second kappa shape index (κ2) is 6.04. The Morgan fingerprint density at radius 2 is 2.16 bits per heavy atom. The molecule has 1 amide bonds. The smallest absolute Gasteiger partial charge is 0.253 e. The first-order chi connectivity index (χ1) is 9.20. The molecule has 2 aromatic rings. The minimum absolute atomic E-state index is 0.0752. The van der Waals surface area contributed by atoms with E-state index in [1.54, 1.807) is 19.3 Å². The molecule has 0 aliphatic carbocycles. The molecular formula is C14H18N4O. The minimum atomic E-state index is -0.0752. The van der Waals surface area contributed by atoms with Crippen LogP contribution in [0.1, 0.15) is 15.9 Å². The van der Waals surface area contributed by atoms with Crippen molar-refractivity contribution in [1.29, 1.82) is 0 Å². The molecule has 19 heavy (non-hydrogen) atoms. The highest BCUT2D eigenvalue weighted by Gasteiger charge is 2.08. The average Bonchev–Trinajstić information content (AvgIpc) is 2.84. The second-order valence-corrected chi connectivity index (χ2v) is 4.33. The van der Waals surface area contributed by atoms with Crippen molar-refractivity contribution < 1.29 is 4.79 Å². The quantitative estimate of drug-likeness (QED) is 0.857. The Morgan fingerprint density at radius 1 is 1.37 bits per heavy atom. The van der Waals surface area contributed by atoms with E-state index in [0.717, 1.165) is 11.3 Å². The fourth-order valence-corrected chi connectivity index (χ4v) is 1.87. The zero-order valence-corrected chi connectivity index (χ0v) is 11.2. The SMILES string of the molecule is CNc1ccccc1C(=O)NCCn1cc(C)cn1. The maximum Gasteiger partial charge on any atom is 0.253 e. The van der Waals surface area contributed by atoms with Gasteiger partial charge < -0.3 is 10.6 Å². The molecule has 0 aliphatic rings. The highest BCUT2D eigenvalue weighted by Crippen LogP contribution is 2.13. The molecule has 1 heterocycles. The molecule has 2 N–H and O–H groups in total. The van der Waals surface area contributed by atoms with Crippen LogP contribution in [0.3, 0.4) is 0 Å². The summed E-state index contributed by atoms with van der Waals surface area (Å²) in [6.45, 7) is 3.21. The van der Waals surface area contributed by atoms with Gasteiger partial charge in [-0.15, -0.1) is 0 Å². The van der Waals surface area contributed by atoms with E-state index >= 15 is 0 Å². The lowest BCUT2D eigenvalue weighted by Crippen LogP contribution is -2.27. The van der Waals surface area contributed by atoms with E-state index in [1.165, 1.54) is 0 Å². The van der Waals surface area contributed by atoms with Gasteiger partial charge in [0.05, 0.1) is 18.3 Å². The highest BCUT2D eigenvalue weighted by molar-refractivity contribution is 5.99. The first-order valence-corrected chi connectivity index (χ1v) is 6.25. The summed E-state index contributed by atoms with van der Waals surface area (Å²) in [5.41, 5.74) is 2.60. The molecule has 0 fully saturated rings. The largest absolute Gasteiger partial charge is 0.387 e. The monoisotopic (exact) mass is 258 g/mol. The number of aromatic nitrogens is 2. The van der Waals surface area contributed by atoms with Crippen LogP contribution < -0.4 is 10.6 Å². The number of anilines is 1. The van der Waals surface area contributed by atoms with Crippen LogP contribution in [0.5, 0.6) is 0 Å². The van der Waals surface area contributed by atoms with Gasteiger partial charge in [0.1, 0.15) is 0 Å². The number of aryl methyl sites for hydroxylation is 1. The number of carbonyl (C=O) groups is 1. The van der Waals surface area contributed by atoms with Crippen LogP contribution in [0, 0.1) is 6.92 Å². The Hall–Kier alpha value is -2.30. The van der Waals surface area contributed by atoms with Crippen LogP contribution in [0.4, 0.5) is 5.69 Å². The van der Waals surface area contributed by atoms with E-state index in [4.69, 9.17) is 0 Å². The number of rotatable bonds is 5. The van der Waals surface area contributed by atoms with Gasteiger partial charge in [-0.05, 0) is 24.6 Å². The van der Waals surface area contributed by atoms with Crippen molar-refractivity contribution in [3.05, 3.63) is 47.8 Å². The molecule has 0 atom stereocenters. The number of hydrogen-bond acceptors (Lipinski definition) is 3. The van der Waals surface area contributed by atoms with Crippen molar-refractivity contribution >= 4 is 11.6 Å². The Labute approximate surface area is 112 Å². The first kappa shape index (κ1) is 13.1. The Bertz CT molecular complexity index is 562. The van der Waals surface area contributed by atoms with Crippen LogP contribution in [0.15, 0.2) is 36.7 Å². The molecule has 0 spiro atoms. The number of benzene rings is 1. The van der Waals surface area contributed by atoms with Gasteiger partial charge in [-0.1, -0.05) is 12.1 Å². The number of amides is 1. The van der Waals surface area contributed by atoms with Crippen LogP contribution in [0.2, 0.25) is 0 Å². The van der Waals surface area contributed by atoms with E-state index in [9.17, 15) is 4.79 Å². The lowest BCUT2D eigenvalue weighted by molar-refractivity contribution is 0.0952. The fourth-order valence-electron chi connectivity index (χ4n) is 1.87. The van der Waals surface area contributed by atoms with Crippen LogP contribution in [0.25, 0.3) is 0 Å². The summed E-state index contributed by atoms with van der Waals surface area (Å²) in [5, 5.41) is 10.1. The van der Waals surface area contributed by atoms with Crippen molar-refractivity contribution in [3.63, 3.8) is 0 Å². The fraction of sp³-hybridized carbons (Fsp3) is 0.286. The van der Waals surface area contributed by atoms with Gasteiger partial charge in [0.15, 0.2) is 0 Å². The van der Waals surface area contributed by atoms with Gasteiger partial charge in [-0.2, -0.15) is 5.10 Å². The Morgan fingerprint density at radius 3 is 2.84 bits per heavy atom. The summed E-state index contributed by atoms with van der Waals surface area (Å²) in [6, 6.07) is 7.44. The summed E-state index contributed by atoms with van der Waals surface area (Å²) in [6.07, 6.45) is 3.76. The molecule has 5 heteroatoms. The molecule has 0 unspecified atom stereocenters. The summed E-state index contributed by atoms with van der Waals surface area (Å²) < 4.78 is 1.82. The van der Waals surface area contributed by atoms with E-state index in [1.807, 2.05) is 36.0 Å². The van der Waals surface area contributed by atoms with Crippen LogP contribution in [-0.4, -0.2) is 29.3 Å². The number of nitrogens with zero attached hydrogens (tertiary/aromatic N) is 2. The van der Waals surface area contributed by atoms with Gasteiger partial charge in [-0.3, -0.25) is 9.48 Å². The van der Waals surface area contributed by atoms with Crippen molar-refractivity contribution in [2.24, 2.45) is 0 Å². The molecule has 0 saturated carbocycles. The van der Waals surface area contributed by atoms with Gasteiger partial charge in [0, 0.05) is 25.5 Å². The maximum atomic E-state index is 12.0. The van der Waals surface area contributed by atoms with Crippen molar-refractivity contribution in [1.82, 2.24) is 15.1 Å². The summed E-state index contributed by atoms with van der Waals surface area (Å²) >= 11 is 0. The maximum absolute atomic E-state index is 12.0. The lowest BCUT2D eigenvalue weighted by Gasteiger charge is -2.09. The normalized spacial score (nSPS) is 10.2. The molecule has 5 nitrogen and oxygen atoms in total. The average molecular weight is 258 g/mol. The highest BCUT2D eigenvalue weighted by atomic mass is 16.1. The summed E-state index contributed by atoms with van der Waals surface area (Å²) in [5.74, 6) is -0.0752. The van der Waals surface area contributed by atoms with Gasteiger partial charge in [0.25, 0.3) is 5.91 Å². The van der Waals surface area contributed by atoms with Crippen molar-refractivity contribution in [2.45, 2.75) is 13.5 Å². The van der Waals surface area contributed by atoms with E-state index < -0.39 is 0 Å². The van der Waals surface area contributed by atoms with Gasteiger partial charge in [0.2, 0.25) is 0 Å². The third-order valence-electron chi connectivity index (χ3n) is 2.83. The first-order valence-electron chi connectivity index (χ1n) is 6.25. The number of para-hydroxylation sites is 1. The predicted octanol–water partition coefficient (Wildman–Crippen LogP) is 1.66. The van der Waals surface area contributed by atoms with E-state index in [0.29, 0.717) is 18.7 Å². The van der Waals surface area contributed by atoms with Gasteiger partial charge >= 0.3 is 0 Å². The topological polar surface area (TPSA) is 59.0 Å².